The van der Waals surface area contributed by atoms with Crippen LogP contribution in [0.4, 0.5) is 8.78 Å². The van der Waals surface area contributed by atoms with E-state index >= 15 is 0 Å². The van der Waals surface area contributed by atoms with Crippen molar-refractivity contribution < 1.29 is 17.2 Å². The molecule has 0 spiro atoms. The maximum atomic E-state index is 11.6. The first-order valence-corrected chi connectivity index (χ1v) is 4.60. The van der Waals surface area contributed by atoms with Gasteiger partial charge in [-0.2, -0.15) is 0 Å². The fourth-order valence-corrected chi connectivity index (χ4v) is 1.27. The van der Waals surface area contributed by atoms with Crippen LogP contribution in [0.3, 0.4) is 0 Å². The van der Waals surface area contributed by atoms with Gasteiger partial charge >= 0.3 is 0 Å². The minimum absolute atomic E-state index is 0.662. The number of alkyl halides is 2. The number of hydrogen-bond acceptors (Lipinski definition) is 3. The molecular formula is C4H9F2NO2S. The first-order chi connectivity index (χ1) is 4.33. The van der Waals surface area contributed by atoms with Crippen molar-refractivity contribution in [1.29, 1.82) is 0 Å². The van der Waals surface area contributed by atoms with Gasteiger partial charge < -0.3 is 5.73 Å². The van der Waals surface area contributed by atoms with Gasteiger partial charge in [0, 0.05) is 6.26 Å². The van der Waals surface area contributed by atoms with E-state index in [1.807, 2.05) is 0 Å². The quantitative estimate of drug-likeness (QED) is 0.633. The molecule has 0 aliphatic rings. The van der Waals surface area contributed by atoms with Gasteiger partial charge in [-0.3, -0.25) is 0 Å². The zero-order valence-corrected chi connectivity index (χ0v) is 6.24. The van der Waals surface area contributed by atoms with Crippen LogP contribution >= 0.6 is 0 Å². The van der Waals surface area contributed by atoms with Crippen molar-refractivity contribution in [2.45, 2.75) is 12.5 Å². The minimum Gasteiger partial charge on any atom is -0.322 e. The molecular weight excluding hydrogens is 164 g/mol. The summed E-state index contributed by atoms with van der Waals surface area (Å²) in [7, 11) is -3.37. The van der Waals surface area contributed by atoms with Crippen LogP contribution in [0.1, 0.15) is 0 Å². The third kappa shape index (κ3) is 4.63. The average Bonchev–Trinajstić information content (AvgIpc) is 1.60. The molecule has 0 aromatic carbocycles. The number of rotatable bonds is 3. The second-order valence-corrected chi connectivity index (χ2v) is 4.28. The molecule has 3 nitrogen and oxygen atoms in total. The number of halogens is 2. The molecule has 1 atom stereocenters. The Morgan fingerprint density at radius 3 is 2.00 bits per heavy atom. The van der Waals surface area contributed by atoms with E-state index < -0.39 is 28.1 Å². The predicted octanol–water partition coefficient (Wildman–Crippen LogP) is -0.377. The topological polar surface area (TPSA) is 60.2 Å². The first kappa shape index (κ1) is 9.77. The standard InChI is InChI=1S/C4H9F2NO2S/c1-10(8,9)2-3(7)4(5)6/h3-4H,2,7H2,1H3. The summed E-state index contributed by atoms with van der Waals surface area (Å²) in [5.41, 5.74) is 4.77. The summed E-state index contributed by atoms with van der Waals surface area (Å²) in [6.45, 7) is 0. The predicted molar refractivity (Wildman–Crippen MR) is 33.7 cm³/mol. The summed E-state index contributed by atoms with van der Waals surface area (Å²) in [5.74, 6) is -0.662. The maximum Gasteiger partial charge on any atom is 0.254 e. The molecule has 2 N–H and O–H groups in total. The van der Waals surface area contributed by atoms with Gasteiger partial charge in [0.05, 0.1) is 11.8 Å². The fourth-order valence-electron chi connectivity index (χ4n) is 0.422. The van der Waals surface area contributed by atoms with Crippen LogP contribution in [0.25, 0.3) is 0 Å². The van der Waals surface area contributed by atoms with Crippen molar-refractivity contribution in [2.24, 2.45) is 5.73 Å². The molecule has 0 radical (unpaired) electrons. The minimum atomic E-state index is -3.37. The van der Waals surface area contributed by atoms with Crippen LogP contribution in [-0.4, -0.2) is 32.9 Å². The zero-order valence-electron chi connectivity index (χ0n) is 5.42. The summed E-state index contributed by atoms with van der Waals surface area (Å²) in [6, 6.07) is -1.56. The first-order valence-electron chi connectivity index (χ1n) is 2.54. The van der Waals surface area contributed by atoms with Crippen LogP contribution < -0.4 is 5.73 Å². The molecule has 0 amide bonds. The van der Waals surface area contributed by atoms with Crippen molar-refractivity contribution in [1.82, 2.24) is 0 Å². The lowest BCUT2D eigenvalue weighted by molar-refractivity contribution is 0.124. The Labute approximate surface area is 58.1 Å². The Kier molecular flexibility index (Phi) is 3.17. The van der Waals surface area contributed by atoms with Gasteiger partial charge in [0.1, 0.15) is 9.84 Å². The molecule has 0 aliphatic carbocycles. The van der Waals surface area contributed by atoms with E-state index in [1.165, 1.54) is 0 Å². The van der Waals surface area contributed by atoms with E-state index in [9.17, 15) is 17.2 Å². The summed E-state index contributed by atoms with van der Waals surface area (Å²) in [4.78, 5) is 0. The van der Waals surface area contributed by atoms with Gasteiger partial charge in [-0.25, -0.2) is 17.2 Å². The van der Waals surface area contributed by atoms with Crippen LogP contribution in [-0.2, 0) is 9.84 Å². The van der Waals surface area contributed by atoms with Crippen molar-refractivity contribution in [2.75, 3.05) is 12.0 Å². The largest absolute Gasteiger partial charge is 0.322 e. The Morgan fingerprint density at radius 1 is 1.50 bits per heavy atom. The highest BCUT2D eigenvalue weighted by atomic mass is 32.2. The molecule has 6 heteroatoms. The van der Waals surface area contributed by atoms with Gasteiger partial charge in [-0.05, 0) is 0 Å². The monoisotopic (exact) mass is 173 g/mol. The van der Waals surface area contributed by atoms with Crippen LogP contribution in [0.2, 0.25) is 0 Å². The molecule has 0 heterocycles. The van der Waals surface area contributed by atoms with Gasteiger partial charge in [-0.15, -0.1) is 0 Å². The SMILES string of the molecule is CS(=O)(=O)CC(N)C(F)F. The number of hydrogen-bond donors (Lipinski definition) is 1. The highest BCUT2D eigenvalue weighted by Crippen LogP contribution is 1.99. The normalized spacial score (nSPS) is 15.7. The molecule has 0 aromatic heterocycles. The maximum absolute atomic E-state index is 11.6. The van der Waals surface area contributed by atoms with E-state index in [0.717, 1.165) is 6.26 Å². The smallest absolute Gasteiger partial charge is 0.254 e. The van der Waals surface area contributed by atoms with E-state index in [0.29, 0.717) is 0 Å². The third-order valence-electron chi connectivity index (χ3n) is 0.819. The summed E-state index contributed by atoms with van der Waals surface area (Å²) in [6.07, 6.45) is -1.90. The molecule has 0 fully saturated rings. The van der Waals surface area contributed by atoms with E-state index in [-0.39, 0.29) is 0 Å². The highest BCUT2D eigenvalue weighted by molar-refractivity contribution is 7.90. The summed E-state index contributed by atoms with van der Waals surface area (Å²) >= 11 is 0. The lowest BCUT2D eigenvalue weighted by Gasteiger charge is -2.07. The van der Waals surface area contributed by atoms with Crippen LogP contribution in [0, 0.1) is 0 Å². The molecule has 0 aliphatic heterocycles. The molecule has 0 saturated carbocycles. The Balaban J connectivity index is 3.93. The Hall–Kier alpha value is -0.230. The highest BCUT2D eigenvalue weighted by Gasteiger charge is 2.19. The van der Waals surface area contributed by atoms with Crippen molar-refractivity contribution in [3.05, 3.63) is 0 Å². The van der Waals surface area contributed by atoms with E-state index in [4.69, 9.17) is 5.73 Å². The van der Waals surface area contributed by atoms with Gasteiger partial charge in [-0.1, -0.05) is 0 Å². The molecule has 62 valence electrons. The molecule has 1 unspecified atom stereocenters. The molecule has 0 rings (SSSR count). The molecule has 10 heavy (non-hydrogen) atoms. The third-order valence-corrected chi connectivity index (χ3v) is 1.81. The fraction of sp³-hybridized carbons (Fsp3) is 1.00. The molecule has 0 bridgehead atoms. The lowest BCUT2D eigenvalue weighted by atomic mass is 10.4. The van der Waals surface area contributed by atoms with Crippen LogP contribution in [0.15, 0.2) is 0 Å². The van der Waals surface area contributed by atoms with Crippen molar-refractivity contribution >= 4 is 9.84 Å². The summed E-state index contributed by atoms with van der Waals surface area (Å²) in [5, 5.41) is 0. The Morgan fingerprint density at radius 2 is 1.90 bits per heavy atom. The molecule has 0 saturated heterocycles. The lowest BCUT2D eigenvalue weighted by Crippen LogP contribution is -2.35. The average molecular weight is 173 g/mol. The second-order valence-electron chi connectivity index (χ2n) is 2.09. The van der Waals surface area contributed by atoms with Crippen LogP contribution in [0.5, 0.6) is 0 Å². The summed E-state index contributed by atoms with van der Waals surface area (Å²) < 4.78 is 43.8. The van der Waals surface area contributed by atoms with E-state index in [2.05, 4.69) is 0 Å². The van der Waals surface area contributed by atoms with Crippen molar-refractivity contribution in [3.8, 4) is 0 Å². The molecule has 0 aromatic rings. The number of nitrogens with two attached hydrogens (primary N) is 1. The number of sulfone groups is 1. The Bertz CT molecular complexity index is 189. The zero-order chi connectivity index (χ0) is 8.36. The second kappa shape index (κ2) is 3.25. The van der Waals surface area contributed by atoms with E-state index in [1.54, 1.807) is 0 Å². The van der Waals surface area contributed by atoms with Gasteiger partial charge in [0.15, 0.2) is 0 Å². The van der Waals surface area contributed by atoms with Gasteiger partial charge in [0.2, 0.25) is 0 Å². The van der Waals surface area contributed by atoms with Gasteiger partial charge in [0.25, 0.3) is 6.43 Å². The van der Waals surface area contributed by atoms with Crippen molar-refractivity contribution in [3.63, 3.8) is 0 Å².